The average Bonchev–Trinajstić information content (AvgIpc) is 2.96. The van der Waals surface area contributed by atoms with Gasteiger partial charge >= 0.3 is 0 Å². The van der Waals surface area contributed by atoms with Crippen molar-refractivity contribution >= 4 is 35.0 Å². The van der Waals surface area contributed by atoms with Crippen molar-refractivity contribution in [1.82, 2.24) is 15.0 Å². The summed E-state index contributed by atoms with van der Waals surface area (Å²) in [5, 5.41) is 3.10. The Balaban J connectivity index is 2.10. The first-order valence-corrected chi connectivity index (χ1v) is 6.37. The Morgan fingerprint density at radius 1 is 1.38 bits per heavy atom. The average molecular weight is 247 g/mol. The topological polar surface area (TPSA) is 41.6 Å². The van der Waals surface area contributed by atoms with Crippen molar-refractivity contribution in [2.45, 2.75) is 5.75 Å². The van der Waals surface area contributed by atoms with Gasteiger partial charge in [0, 0.05) is 16.7 Å². The lowest BCUT2D eigenvalue weighted by Gasteiger charge is -1.96. The highest BCUT2D eigenvalue weighted by molar-refractivity contribution is 7.79. The zero-order valence-electron chi connectivity index (χ0n) is 8.34. The number of nitrogens with one attached hydrogen (secondary N) is 1. The van der Waals surface area contributed by atoms with Crippen LogP contribution in [0.2, 0.25) is 0 Å². The fourth-order valence-corrected chi connectivity index (χ4v) is 2.57. The van der Waals surface area contributed by atoms with Gasteiger partial charge in [-0.1, -0.05) is 6.07 Å². The minimum absolute atomic E-state index is 0.691. The van der Waals surface area contributed by atoms with Gasteiger partial charge in [0.25, 0.3) is 0 Å². The Morgan fingerprint density at radius 2 is 2.31 bits per heavy atom. The summed E-state index contributed by atoms with van der Waals surface area (Å²) < 4.78 is 0. The normalized spacial score (nSPS) is 11.1. The van der Waals surface area contributed by atoms with Crippen LogP contribution in [0.25, 0.3) is 22.3 Å². The summed E-state index contributed by atoms with van der Waals surface area (Å²) in [4.78, 5) is 11.8. The Morgan fingerprint density at radius 3 is 3.12 bits per heavy atom. The van der Waals surface area contributed by atoms with Gasteiger partial charge in [-0.2, -0.15) is 12.6 Å². The number of nitrogens with zero attached hydrogens (tertiary/aromatic N) is 2. The van der Waals surface area contributed by atoms with Crippen LogP contribution in [0.5, 0.6) is 0 Å². The van der Waals surface area contributed by atoms with Gasteiger partial charge < -0.3 is 4.98 Å². The van der Waals surface area contributed by atoms with E-state index < -0.39 is 0 Å². The highest BCUT2D eigenvalue weighted by Crippen LogP contribution is 2.24. The highest BCUT2D eigenvalue weighted by Gasteiger charge is 2.05. The van der Waals surface area contributed by atoms with E-state index in [0.717, 1.165) is 27.3 Å². The first-order valence-electron chi connectivity index (χ1n) is 4.85. The number of thiol groups is 1. The van der Waals surface area contributed by atoms with Gasteiger partial charge in [-0.05, 0) is 12.1 Å². The Hall–Kier alpha value is -1.33. The van der Waals surface area contributed by atoms with E-state index in [1.165, 1.54) is 0 Å². The molecule has 3 rings (SSSR count). The van der Waals surface area contributed by atoms with E-state index in [2.05, 4.69) is 39.0 Å². The van der Waals surface area contributed by atoms with Crippen molar-refractivity contribution in [3.05, 3.63) is 34.9 Å². The minimum atomic E-state index is 0.691. The summed E-state index contributed by atoms with van der Waals surface area (Å²) in [5.41, 5.74) is 4.14. The van der Waals surface area contributed by atoms with Crippen molar-refractivity contribution < 1.29 is 0 Å². The van der Waals surface area contributed by atoms with E-state index in [1.807, 2.05) is 12.1 Å². The van der Waals surface area contributed by atoms with Crippen LogP contribution in [0.1, 0.15) is 5.01 Å². The highest BCUT2D eigenvalue weighted by atomic mass is 32.1. The number of fused-ring (bicyclic) bond motifs is 1. The second kappa shape index (κ2) is 3.92. The molecule has 16 heavy (non-hydrogen) atoms. The van der Waals surface area contributed by atoms with E-state index >= 15 is 0 Å². The molecular formula is C11H9N3S2. The van der Waals surface area contributed by atoms with Crippen LogP contribution in [0.15, 0.2) is 29.9 Å². The Kier molecular flexibility index (Phi) is 2.41. The van der Waals surface area contributed by atoms with Crippen LogP contribution in [0.3, 0.4) is 0 Å². The first-order chi connectivity index (χ1) is 7.86. The van der Waals surface area contributed by atoms with Crippen molar-refractivity contribution in [3.8, 4) is 11.3 Å². The largest absolute Gasteiger partial charge is 0.345 e. The number of aromatic nitrogens is 3. The van der Waals surface area contributed by atoms with Gasteiger partial charge in [0.05, 0.1) is 23.1 Å². The van der Waals surface area contributed by atoms with Crippen molar-refractivity contribution in [2.24, 2.45) is 0 Å². The number of aromatic amines is 1. The molecule has 2 heterocycles. The number of hydrogen-bond donors (Lipinski definition) is 2. The molecule has 0 aliphatic heterocycles. The molecule has 0 saturated heterocycles. The Bertz CT molecular complexity index is 627. The smallest absolute Gasteiger partial charge is 0.103 e. The monoisotopic (exact) mass is 247 g/mol. The standard InChI is InChI=1S/C11H9N3S2/c15-4-11-14-10(5-16-11)7-1-2-8-9(3-7)13-6-12-8/h1-3,5-6,15H,4H2,(H,12,13). The summed E-state index contributed by atoms with van der Waals surface area (Å²) in [6.45, 7) is 0. The Labute approximate surface area is 102 Å². The van der Waals surface area contributed by atoms with Gasteiger partial charge in [-0.25, -0.2) is 9.97 Å². The maximum absolute atomic E-state index is 4.50. The third-order valence-electron chi connectivity index (χ3n) is 2.40. The molecule has 1 aromatic carbocycles. The van der Waals surface area contributed by atoms with Gasteiger partial charge in [0.15, 0.2) is 0 Å². The summed E-state index contributed by atoms with van der Waals surface area (Å²) in [6, 6.07) is 6.11. The molecule has 0 bridgehead atoms. The molecule has 3 nitrogen and oxygen atoms in total. The molecule has 0 unspecified atom stereocenters. The third kappa shape index (κ3) is 1.62. The van der Waals surface area contributed by atoms with E-state index in [-0.39, 0.29) is 0 Å². The van der Waals surface area contributed by atoms with Crippen molar-refractivity contribution in [3.63, 3.8) is 0 Å². The van der Waals surface area contributed by atoms with Gasteiger partial charge in [0.1, 0.15) is 5.01 Å². The second-order valence-corrected chi connectivity index (χ2v) is 4.68. The lowest BCUT2D eigenvalue weighted by molar-refractivity contribution is 1.28. The lowest BCUT2D eigenvalue weighted by atomic mass is 10.1. The minimum Gasteiger partial charge on any atom is -0.345 e. The molecule has 0 saturated carbocycles. The predicted molar refractivity (Wildman–Crippen MR) is 69.9 cm³/mol. The zero-order valence-corrected chi connectivity index (χ0v) is 10.1. The number of thiazole rings is 1. The molecule has 0 atom stereocenters. The van der Waals surface area contributed by atoms with Gasteiger partial charge in [-0.15, -0.1) is 11.3 Å². The van der Waals surface area contributed by atoms with Gasteiger partial charge in [-0.3, -0.25) is 0 Å². The fraction of sp³-hybridized carbons (Fsp3) is 0.0909. The molecule has 3 aromatic rings. The predicted octanol–water partition coefficient (Wildman–Crippen LogP) is 3.12. The number of H-pyrrole nitrogens is 1. The van der Waals surface area contributed by atoms with E-state index in [9.17, 15) is 0 Å². The van der Waals surface area contributed by atoms with Gasteiger partial charge in [0.2, 0.25) is 0 Å². The summed E-state index contributed by atoms with van der Waals surface area (Å²) in [5.74, 6) is 0.691. The molecule has 0 radical (unpaired) electrons. The molecule has 1 N–H and O–H groups in total. The maximum atomic E-state index is 4.50. The molecule has 2 aromatic heterocycles. The van der Waals surface area contributed by atoms with Crippen LogP contribution < -0.4 is 0 Å². The molecule has 0 fully saturated rings. The summed E-state index contributed by atoms with van der Waals surface area (Å²) >= 11 is 5.85. The summed E-state index contributed by atoms with van der Waals surface area (Å²) in [7, 11) is 0. The van der Waals surface area contributed by atoms with Crippen LogP contribution in [-0.4, -0.2) is 15.0 Å². The van der Waals surface area contributed by atoms with Crippen LogP contribution >= 0.6 is 24.0 Å². The lowest BCUT2D eigenvalue weighted by Crippen LogP contribution is -1.80. The van der Waals surface area contributed by atoms with Crippen molar-refractivity contribution in [2.75, 3.05) is 0 Å². The SMILES string of the molecule is SCc1nc(-c2ccc3nc[nH]c3c2)cs1. The molecule has 0 spiro atoms. The van der Waals surface area contributed by atoms with Crippen molar-refractivity contribution in [1.29, 1.82) is 0 Å². The number of imidazole rings is 1. The number of benzene rings is 1. The zero-order chi connectivity index (χ0) is 11.0. The summed E-state index contributed by atoms with van der Waals surface area (Å²) in [6.07, 6.45) is 1.70. The molecule has 5 heteroatoms. The van der Waals surface area contributed by atoms with E-state index in [1.54, 1.807) is 17.7 Å². The first kappa shape index (κ1) is 9.86. The number of hydrogen-bond acceptors (Lipinski definition) is 4. The molecule has 80 valence electrons. The second-order valence-electron chi connectivity index (χ2n) is 3.42. The van der Waals surface area contributed by atoms with E-state index in [0.29, 0.717) is 5.75 Å². The molecular weight excluding hydrogens is 238 g/mol. The van der Waals surface area contributed by atoms with Crippen LogP contribution in [-0.2, 0) is 5.75 Å². The van der Waals surface area contributed by atoms with Crippen LogP contribution in [0.4, 0.5) is 0 Å². The third-order valence-corrected chi connectivity index (χ3v) is 3.77. The van der Waals surface area contributed by atoms with Crippen LogP contribution in [0, 0.1) is 0 Å². The molecule has 0 aliphatic rings. The molecule has 0 amide bonds. The quantitative estimate of drug-likeness (QED) is 0.683. The molecule has 0 aliphatic carbocycles. The van der Waals surface area contributed by atoms with E-state index in [4.69, 9.17) is 0 Å². The maximum Gasteiger partial charge on any atom is 0.103 e. The fourth-order valence-electron chi connectivity index (χ4n) is 1.61. The number of rotatable bonds is 2.